The van der Waals surface area contributed by atoms with Crippen LogP contribution in [0.2, 0.25) is 0 Å². The summed E-state index contributed by atoms with van der Waals surface area (Å²) in [5.74, 6) is 0.708. The molecule has 2 heterocycles. The summed E-state index contributed by atoms with van der Waals surface area (Å²) in [6.45, 7) is 1.66. The Bertz CT molecular complexity index is 635. The van der Waals surface area contributed by atoms with Crippen LogP contribution in [-0.2, 0) is 13.6 Å². The highest BCUT2D eigenvalue weighted by Gasteiger charge is 2.11. The molecular formula is C9H9IN4O3. The fraction of sp³-hybridized carbons (Fsp3) is 0.333. The summed E-state index contributed by atoms with van der Waals surface area (Å²) >= 11 is 1.88. The number of halogens is 1. The molecule has 2 aromatic heterocycles. The van der Waals surface area contributed by atoms with Crippen LogP contribution < -0.4 is 11.2 Å². The summed E-state index contributed by atoms with van der Waals surface area (Å²) in [4.78, 5) is 27.6. The summed E-state index contributed by atoms with van der Waals surface area (Å²) in [5.41, 5.74) is -0.756. The third-order valence-corrected chi connectivity index (χ3v) is 2.90. The Morgan fingerprint density at radius 3 is 2.76 bits per heavy atom. The van der Waals surface area contributed by atoms with Gasteiger partial charge in [0.15, 0.2) is 5.82 Å². The molecule has 0 bridgehead atoms. The zero-order valence-electron chi connectivity index (χ0n) is 9.18. The molecular weight excluding hydrogens is 339 g/mol. The van der Waals surface area contributed by atoms with Gasteiger partial charge in [0.2, 0.25) is 5.89 Å². The third kappa shape index (κ3) is 2.30. The fourth-order valence-corrected chi connectivity index (χ4v) is 2.08. The van der Waals surface area contributed by atoms with Crippen LogP contribution in [0.5, 0.6) is 0 Å². The molecule has 0 spiro atoms. The summed E-state index contributed by atoms with van der Waals surface area (Å²) in [5, 5.41) is 3.66. The van der Waals surface area contributed by atoms with Crippen LogP contribution in [0, 0.1) is 10.5 Å². The van der Waals surface area contributed by atoms with Gasteiger partial charge < -0.3 is 9.09 Å². The zero-order valence-corrected chi connectivity index (χ0v) is 11.3. The molecule has 0 aliphatic rings. The van der Waals surface area contributed by atoms with E-state index in [2.05, 4.69) is 10.1 Å². The molecule has 8 heteroatoms. The molecule has 0 unspecified atom stereocenters. The number of hydrogen-bond acceptors (Lipinski definition) is 5. The number of aromatic nitrogens is 4. The van der Waals surface area contributed by atoms with E-state index in [9.17, 15) is 9.59 Å². The smallest absolute Gasteiger partial charge is 0.331 e. The Balaban J connectivity index is 2.53. The molecule has 90 valence electrons. The molecule has 0 radical (unpaired) electrons. The SMILES string of the molecule is Cc1nc(Cn2c(=O)c(I)cn(C)c2=O)no1. The van der Waals surface area contributed by atoms with Crippen molar-refractivity contribution in [3.8, 4) is 0 Å². The molecule has 0 aliphatic carbocycles. The number of aryl methyl sites for hydroxylation is 2. The highest BCUT2D eigenvalue weighted by atomic mass is 127. The van der Waals surface area contributed by atoms with Gasteiger partial charge in [0.25, 0.3) is 5.56 Å². The van der Waals surface area contributed by atoms with Crippen LogP contribution in [0.15, 0.2) is 20.3 Å². The van der Waals surface area contributed by atoms with Crippen molar-refractivity contribution in [2.45, 2.75) is 13.5 Å². The molecule has 0 saturated carbocycles. The maximum Gasteiger partial charge on any atom is 0.331 e. The molecule has 2 rings (SSSR count). The summed E-state index contributed by atoms with van der Waals surface area (Å²) in [6, 6.07) is 0. The minimum Gasteiger partial charge on any atom is -0.340 e. The average molecular weight is 348 g/mol. The van der Waals surface area contributed by atoms with Crippen molar-refractivity contribution in [3.63, 3.8) is 0 Å². The number of rotatable bonds is 2. The van der Waals surface area contributed by atoms with Crippen LogP contribution in [-0.4, -0.2) is 19.3 Å². The predicted octanol–water partition coefficient (Wildman–Crippen LogP) is -0.109. The second-order valence-corrected chi connectivity index (χ2v) is 4.65. The van der Waals surface area contributed by atoms with E-state index in [1.807, 2.05) is 22.6 Å². The van der Waals surface area contributed by atoms with Gasteiger partial charge in [-0.2, -0.15) is 4.98 Å². The lowest BCUT2D eigenvalue weighted by Gasteiger charge is -2.04. The summed E-state index contributed by atoms with van der Waals surface area (Å²) in [6.07, 6.45) is 1.49. The fourth-order valence-electron chi connectivity index (χ4n) is 1.37. The summed E-state index contributed by atoms with van der Waals surface area (Å²) < 4.78 is 7.67. The van der Waals surface area contributed by atoms with E-state index in [1.165, 1.54) is 10.8 Å². The van der Waals surface area contributed by atoms with Crippen LogP contribution in [0.1, 0.15) is 11.7 Å². The first kappa shape index (κ1) is 12.0. The Morgan fingerprint density at radius 1 is 1.47 bits per heavy atom. The van der Waals surface area contributed by atoms with Gasteiger partial charge in [-0.15, -0.1) is 0 Å². The Morgan fingerprint density at radius 2 is 2.18 bits per heavy atom. The van der Waals surface area contributed by atoms with Crippen LogP contribution in [0.25, 0.3) is 0 Å². The van der Waals surface area contributed by atoms with Crippen molar-refractivity contribution in [2.24, 2.45) is 7.05 Å². The Hall–Kier alpha value is -1.45. The van der Waals surface area contributed by atoms with Crippen LogP contribution in [0.4, 0.5) is 0 Å². The molecule has 0 saturated heterocycles. The van der Waals surface area contributed by atoms with Gasteiger partial charge in [-0.25, -0.2) is 4.79 Å². The third-order valence-electron chi connectivity index (χ3n) is 2.16. The summed E-state index contributed by atoms with van der Waals surface area (Å²) in [7, 11) is 1.59. The van der Waals surface area contributed by atoms with E-state index >= 15 is 0 Å². The Kier molecular flexibility index (Phi) is 3.13. The minimum atomic E-state index is -0.405. The van der Waals surface area contributed by atoms with Gasteiger partial charge in [0, 0.05) is 20.2 Å². The molecule has 0 N–H and O–H groups in total. The quantitative estimate of drug-likeness (QED) is 0.708. The van der Waals surface area contributed by atoms with Gasteiger partial charge in [0.05, 0.1) is 10.1 Å². The van der Waals surface area contributed by atoms with Crippen molar-refractivity contribution in [1.29, 1.82) is 0 Å². The van der Waals surface area contributed by atoms with E-state index in [4.69, 9.17) is 4.52 Å². The lowest BCUT2D eigenvalue weighted by molar-refractivity contribution is 0.385. The lowest BCUT2D eigenvalue weighted by atomic mass is 10.5. The molecule has 0 amide bonds. The van der Waals surface area contributed by atoms with Gasteiger partial charge >= 0.3 is 5.69 Å². The van der Waals surface area contributed by atoms with Gasteiger partial charge in [-0.3, -0.25) is 9.36 Å². The average Bonchev–Trinajstić information content (AvgIpc) is 2.68. The van der Waals surface area contributed by atoms with E-state index in [0.29, 0.717) is 15.3 Å². The Labute approximate surface area is 109 Å². The van der Waals surface area contributed by atoms with Crippen molar-refractivity contribution in [1.82, 2.24) is 19.3 Å². The monoisotopic (exact) mass is 348 g/mol. The van der Waals surface area contributed by atoms with Crippen LogP contribution >= 0.6 is 22.6 Å². The standard InChI is InChI=1S/C9H9IN4O3/c1-5-11-7(12-17-5)4-14-8(15)6(10)3-13(2)9(14)16/h3H,4H2,1-2H3. The van der Waals surface area contributed by atoms with E-state index in [0.717, 1.165) is 4.57 Å². The van der Waals surface area contributed by atoms with Crippen molar-refractivity contribution < 1.29 is 4.52 Å². The van der Waals surface area contributed by atoms with E-state index < -0.39 is 5.69 Å². The largest absolute Gasteiger partial charge is 0.340 e. The van der Waals surface area contributed by atoms with E-state index in [-0.39, 0.29) is 12.1 Å². The first-order valence-corrected chi connectivity index (χ1v) is 5.82. The van der Waals surface area contributed by atoms with Crippen molar-refractivity contribution >= 4 is 22.6 Å². The second kappa shape index (κ2) is 4.43. The predicted molar refractivity (Wildman–Crippen MR) is 66.8 cm³/mol. The highest BCUT2D eigenvalue weighted by Crippen LogP contribution is 1.97. The first-order valence-electron chi connectivity index (χ1n) is 4.74. The molecule has 0 fully saturated rings. The van der Waals surface area contributed by atoms with E-state index in [1.54, 1.807) is 14.0 Å². The molecule has 17 heavy (non-hydrogen) atoms. The van der Waals surface area contributed by atoms with Crippen molar-refractivity contribution in [3.05, 3.63) is 42.3 Å². The van der Waals surface area contributed by atoms with Gasteiger partial charge in [-0.1, -0.05) is 5.16 Å². The molecule has 2 aromatic rings. The number of nitrogens with zero attached hydrogens (tertiary/aromatic N) is 4. The maximum absolute atomic E-state index is 11.8. The number of hydrogen-bond donors (Lipinski definition) is 0. The highest BCUT2D eigenvalue weighted by molar-refractivity contribution is 14.1. The molecule has 7 nitrogen and oxygen atoms in total. The topological polar surface area (TPSA) is 82.9 Å². The van der Waals surface area contributed by atoms with Crippen LogP contribution in [0.3, 0.4) is 0 Å². The van der Waals surface area contributed by atoms with Crippen molar-refractivity contribution in [2.75, 3.05) is 0 Å². The zero-order chi connectivity index (χ0) is 12.6. The second-order valence-electron chi connectivity index (χ2n) is 3.49. The normalized spacial score (nSPS) is 10.8. The molecule has 0 atom stereocenters. The lowest BCUT2D eigenvalue weighted by Crippen LogP contribution is -2.40. The first-order chi connectivity index (χ1) is 7.99. The minimum absolute atomic E-state index is 0.0136. The maximum atomic E-state index is 11.8. The molecule has 0 aliphatic heterocycles. The molecule has 0 aromatic carbocycles. The van der Waals surface area contributed by atoms with Gasteiger partial charge in [-0.05, 0) is 22.6 Å². The van der Waals surface area contributed by atoms with Gasteiger partial charge in [0.1, 0.15) is 0 Å².